The molecule has 8 heteroatoms. The van der Waals surface area contributed by atoms with Crippen LogP contribution in [0.4, 0.5) is 0 Å². The lowest BCUT2D eigenvalue weighted by Gasteiger charge is -2.13. The third-order valence-corrected chi connectivity index (χ3v) is 2.91. The maximum Gasteiger partial charge on any atom is 0.357 e. The molecule has 1 heterocycles. The maximum absolute atomic E-state index is 11.2. The first-order chi connectivity index (χ1) is 8.51. The Morgan fingerprint density at radius 3 is 2.72 bits per heavy atom. The molecule has 2 N–H and O–H groups in total. The van der Waals surface area contributed by atoms with Crippen LogP contribution >= 0.6 is 11.3 Å². The van der Waals surface area contributed by atoms with Gasteiger partial charge in [0, 0.05) is 5.38 Å². The molecule has 100 valence electrons. The maximum atomic E-state index is 11.2. The van der Waals surface area contributed by atoms with Crippen LogP contribution in [0.2, 0.25) is 0 Å². The Labute approximate surface area is 107 Å². The Kier molecular flexibility index (Phi) is 5.20. The number of hydrogen-bond acceptors (Lipinski definition) is 8. The third kappa shape index (κ3) is 3.25. The van der Waals surface area contributed by atoms with Gasteiger partial charge in [-0.05, 0) is 6.92 Å². The Hall–Kier alpha value is -1.51. The molecule has 0 bridgehead atoms. The third-order valence-electron chi connectivity index (χ3n) is 2.00. The van der Waals surface area contributed by atoms with Crippen LogP contribution in [0.5, 0.6) is 0 Å². The summed E-state index contributed by atoms with van der Waals surface area (Å²) in [5.74, 6) is -1.60. The minimum Gasteiger partial charge on any atom is -0.464 e. The second kappa shape index (κ2) is 6.43. The highest BCUT2D eigenvalue weighted by Crippen LogP contribution is 2.22. The molecule has 0 amide bonds. The lowest BCUT2D eigenvalue weighted by atomic mass is 10.2. The van der Waals surface area contributed by atoms with Gasteiger partial charge in [-0.25, -0.2) is 14.6 Å². The van der Waals surface area contributed by atoms with Crippen molar-refractivity contribution in [2.24, 2.45) is 0 Å². The van der Waals surface area contributed by atoms with Gasteiger partial charge in [-0.3, -0.25) is 0 Å². The summed E-state index contributed by atoms with van der Waals surface area (Å²) >= 11 is 0.935. The van der Waals surface area contributed by atoms with Gasteiger partial charge in [0.25, 0.3) is 0 Å². The molecular weight excluding hydrogens is 262 g/mol. The van der Waals surface area contributed by atoms with Crippen LogP contribution in [0, 0.1) is 0 Å². The summed E-state index contributed by atoms with van der Waals surface area (Å²) in [6.07, 6.45) is -3.27. The number of hydrogen-bond donors (Lipinski definition) is 2. The molecule has 0 aromatic carbocycles. The van der Waals surface area contributed by atoms with Crippen molar-refractivity contribution in [3.8, 4) is 0 Å². The van der Waals surface area contributed by atoms with E-state index in [2.05, 4.69) is 14.5 Å². The normalized spacial score (nSPS) is 13.8. The monoisotopic (exact) mass is 275 g/mol. The molecule has 18 heavy (non-hydrogen) atoms. The number of methoxy groups -OCH3 is 1. The fraction of sp³-hybridized carbons (Fsp3) is 0.500. The fourth-order valence-electron chi connectivity index (χ4n) is 1.11. The number of aliphatic hydroxyl groups is 2. The highest BCUT2D eigenvalue weighted by atomic mass is 32.1. The van der Waals surface area contributed by atoms with Gasteiger partial charge in [0.1, 0.15) is 11.1 Å². The standard InChI is InChI=1S/C10H13NO6S/c1-3-17-10(15)7(13)6(12)8-11-5(4-18-8)9(14)16-2/h4,6-7,12-13H,3H2,1-2H3. The minimum atomic E-state index is -1.73. The molecule has 1 rings (SSSR count). The number of esters is 2. The summed E-state index contributed by atoms with van der Waals surface area (Å²) in [5, 5.41) is 20.6. The van der Waals surface area contributed by atoms with Gasteiger partial charge < -0.3 is 19.7 Å². The van der Waals surface area contributed by atoms with Gasteiger partial charge in [-0.1, -0.05) is 0 Å². The van der Waals surface area contributed by atoms with Crippen LogP contribution in [0.15, 0.2) is 5.38 Å². The van der Waals surface area contributed by atoms with Crippen LogP contribution in [0.3, 0.4) is 0 Å². The van der Waals surface area contributed by atoms with E-state index < -0.39 is 24.1 Å². The first kappa shape index (κ1) is 14.6. The van der Waals surface area contributed by atoms with E-state index in [1.54, 1.807) is 6.92 Å². The van der Waals surface area contributed by atoms with Gasteiger partial charge in [0.05, 0.1) is 13.7 Å². The van der Waals surface area contributed by atoms with Crippen molar-refractivity contribution in [2.45, 2.75) is 19.1 Å². The molecule has 1 aromatic rings. The van der Waals surface area contributed by atoms with Crippen LogP contribution in [-0.2, 0) is 14.3 Å². The zero-order valence-electron chi connectivity index (χ0n) is 9.82. The molecule has 2 unspecified atom stereocenters. The average molecular weight is 275 g/mol. The Morgan fingerprint density at radius 1 is 1.50 bits per heavy atom. The molecule has 0 aliphatic carbocycles. The van der Waals surface area contributed by atoms with E-state index in [-0.39, 0.29) is 17.3 Å². The zero-order chi connectivity index (χ0) is 13.7. The lowest BCUT2D eigenvalue weighted by molar-refractivity contribution is -0.159. The van der Waals surface area contributed by atoms with Crippen molar-refractivity contribution in [2.75, 3.05) is 13.7 Å². The van der Waals surface area contributed by atoms with Crippen molar-refractivity contribution in [3.05, 3.63) is 16.1 Å². The van der Waals surface area contributed by atoms with E-state index in [9.17, 15) is 19.8 Å². The van der Waals surface area contributed by atoms with Gasteiger partial charge in [-0.2, -0.15) is 0 Å². The molecule has 0 aliphatic heterocycles. The van der Waals surface area contributed by atoms with Crippen LogP contribution < -0.4 is 0 Å². The van der Waals surface area contributed by atoms with E-state index in [4.69, 9.17) is 0 Å². The highest BCUT2D eigenvalue weighted by molar-refractivity contribution is 7.09. The molecule has 0 aliphatic rings. The van der Waals surface area contributed by atoms with Gasteiger partial charge >= 0.3 is 11.9 Å². The number of aromatic nitrogens is 1. The zero-order valence-corrected chi connectivity index (χ0v) is 10.6. The second-order valence-electron chi connectivity index (χ2n) is 3.20. The first-order valence-electron chi connectivity index (χ1n) is 5.07. The highest BCUT2D eigenvalue weighted by Gasteiger charge is 2.29. The van der Waals surface area contributed by atoms with Crippen molar-refractivity contribution in [1.82, 2.24) is 4.98 Å². The minimum absolute atomic E-state index is 0.00705. The summed E-state index contributed by atoms with van der Waals surface area (Å²) in [6, 6.07) is 0. The van der Waals surface area contributed by atoms with Crippen LogP contribution in [-0.4, -0.2) is 47.0 Å². The van der Waals surface area contributed by atoms with Gasteiger partial charge in [0.2, 0.25) is 0 Å². The number of carbonyl (C=O) groups is 2. The average Bonchev–Trinajstić information content (AvgIpc) is 2.85. The first-order valence-corrected chi connectivity index (χ1v) is 5.95. The summed E-state index contributed by atoms with van der Waals surface area (Å²) in [4.78, 5) is 26.1. The van der Waals surface area contributed by atoms with Crippen LogP contribution in [0.25, 0.3) is 0 Å². The number of aliphatic hydroxyl groups excluding tert-OH is 2. The summed E-state index contributed by atoms with van der Waals surface area (Å²) in [6.45, 7) is 1.67. The van der Waals surface area contributed by atoms with E-state index in [1.165, 1.54) is 12.5 Å². The predicted octanol–water partition coefficient (Wildman–Crippen LogP) is -0.113. The Bertz CT molecular complexity index is 432. The molecule has 1 aromatic heterocycles. The summed E-state index contributed by atoms with van der Waals surface area (Å²) in [7, 11) is 1.20. The molecular formula is C10H13NO6S. The Balaban J connectivity index is 2.77. The molecule has 7 nitrogen and oxygen atoms in total. The van der Waals surface area contributed by atoms with Crippen LogP contribution in [0.1, 0.15) is 28.5 Å². The molecule has 0 spiro atoms. The van der Waals surface area contributed by atoms with E-state index in [0.29, 0.717) is 0 Å². The number of thiazole rings is 1. The molecule has 2 atom stereocenters. The predicted molar refractivity (Wildman–Crippen MR) is 61.1 cm³/mol. The molecule has 0 saturated carbocycles. The number of carbonyl (C=O) groups excluding carboxylic acids is 2. The smallest absolute Gasteiger partial charge is 0.357 e. The number of rotatable bonds is 5. The van der Waals surface area contributed by atoms with E-state index in [0.717, 1.165) is 11.3 Å². The number of nitrogens with zero attached hydrogens (tertiary/aromatic N) is 1. The SMILES string of the molecule is CCOC(=O)C(O)C(O)c1nc(C(=O)OC)cs1. The Morgan fingerprint density at radius 2 is 2.17 bits per heavy atom. The van der Waals surface area contributed by atoms with Gasteiger partial charge in [-0.15, -0.1) is 11.3 Å². The second-order valence-corrected chi connectivity index (χ2v) is 4.09. The summed E-state index contributed by atoms with van der Waals surface area (Å²) < 4.78 is 9.00. The lowest BCUT2D eigenvalue weighted by Crippen LogP contribution is -2.29. The molecule has 0 radical (unpaired) electrons. The van der Waals surface area contributed by atoms with E-state index >= 15 is 0 Å². The topological polar surface area (TPSA) is 106 Å². The fourth-order valence-corrected chi connectivity index (χ4v) is 1.91. The summed E-state index contributed by atoms with van der Waals surface area (Å²) in [5.41, 5.74) is 0.00705. The largest absolute Gasteiger partial charge is 0.464 e. The number of ether oxygens (including phenoxy) is 2. The quantitative estimate of drug-likeness (QED) is 0.722. The van der Waals surface area contributed by atoms with Gasteiger partial charge in [0.15, 0.2) is 11.8 Å². The van der Waals surface area contributed by atoms with Crippen molar-refractivity contribution >= 4 is 23.3 Å². The van der Waals surface area contributed by atoms with Crippen molar-refractivity contribution < 1.29 is 29.3 Å². The van der Waals surface area contributed by atoms with E-state index in [1.807, 2.05) is 0 Å². The molecule has 0 saturated heterocycles. The van der Waals surface area contributed by atoms with Crippen molar-refractivity contribution in [1.29, 1.82) is 0 Å². The van der Waals surface area contributed by atoms with Crippen molar-refractivity contribution in [3.63, 3.8) is 0 Å². The molecule has 0 fully saturated rings.